The van der Waals surface area contributed by atoms with Gasteiger partial charge in [-0.2, -0.15) is 0 Å². The van der Waals surface area contributed by atoms with Crippen molar-refractivity contribution in [1.29, 1.82) is 0 Å². The van der Waals surface area contributed by atoms with E-state index in [0.717, 1.165) is 19.5 Å². The van der Waals surface area contributed by atoms with Gasteiger partial charge in [-0.25, -0.2) is 0 Å². The molecule has 72 valence electrons. The van der Waals surface area contributed by atoms with Gasteiger partial charge in [0.15, 0.2) is 0 Å². The average molecular weight is 171 g/mol. The van der Waals surface area contributed by atoms with Crippen LogP contribution in [0.1, 0.15) is 19.8 Å². The number of hydrogen-bond acceptors (Lipinski definition) is 3. The maximum Gasteiger partial charge on any atom is 0.0107 e. The SMILES string of the molecule is CC(N)CCCN1CCNCC1. The highest BCUT2D eigenvalue weighted by molar-refractivity contribution is 4.67. The van der Waals surface area contributed by atoms with Gasteiger partial charge in [-0.3, -0.25) is 0 Å². The summed E-state index contributed by atoms with van der Waals surface area (Å²) in [7, 11) is 0. The summed E-state index contributed by atoms with van der Waals surface area (Å²) >= 11 is 0. The second-order valence-corrected chi connectivity index (χ2v) is 3.71. The van der Waals surface area contributed by atoms with Crippen molar-refractivity contribution in [2.75, 3.05) is 32.7 Å². The fourth-order valence-corrected chi connectivity index (χ4v) is 1.57. The molecule has 0 aromatic rings. The van der Waals surface area contributed by atoms with Crippen LogP contribution in [0, 0.1) is 0 Å². The Morgan fingerprint density at radius 2 is 2.08 bits per heavy atom. The number of nitrogens with zero attached hydrogens (tertiary/aromatic N) is 1. The quantitative estimate of drug-likeness (QED) is 0.626. The molecule has 1 aliphatic rings. The van der Waals surface area contributed by atoms with Crippen LogP contribution in [0.15, 0.2) is 0 Å². The lowest BCUT2D eigenvalue weighted by molar-refractivity contribution is 0.235. The van der Waals surface area contributed by atoms with Crippen LogP contribution in [0.3, 0.4) is 0 Å². The maximum atomic E-state index is 5.68. The van der Waals surface area contributed by atoms with Crippen molar-refractivity contribution < 1.29 is 0 Å². The highest BCUT2D eigenvalue weighted by atomic mass is 15.2. The maximum absolute atomic E-state index is 5.68. The fourth-order valence-electron chi connectivity index (χ4n) is 1.57. The zero-order chi connectivity index (χ0) is 8.81. The summed E-state index contributed by atoms with van der Waals surface area (Å²) in [5.41, 5.74) is 5.68. The monoisotopic (exact) mass is 171 g/mol. The van der Waals surface area contributed by atoms with E-state index in [1.807, 2.05) is 0 Å². The van der Waals surface area contributed by atoms with E-state index < -0.39 is 0 Å². The van der Waals surface area contributed by atoms with Gasteiger partial charge in [0.2, 0.25) is 0 Å². The van der Waals surface area contributed by atoms with Gasteiger partial charge in [0, 0.05) is 32.2 Å². The second kappa shape index (κ2) is 5.51. The number of nitrogens with two attached hydrogens (primary N) is 1. The molecule has 0 amide bonds. The van der Waals surface area contributed by atoms with Crippen molar-refractivity contribution in [2.24, 2.45) is 5.73 Å². The normalized spacial score (nSPS) is 22.5. The summed E-state index contributed by atoms with van der Waals surface area (Å²) in [5, 5.41) is 3.35. The van der Waals surface area contributed by atoms with E-state index in [4.69, 9.17) is 5.73 Å². The molecule has 1 unspecified atom stereocenters. The van der Waals surface area contributed by atoms with E-state index >= 15 is 0 Å². The highest BCUT2D eigenvalue weighted by Gasteiger charge is 2.08. The summed E-state index contributed by atoms with van der Waals surface area (Å²) < 4.78 is 0. The van der Waals surface area contributed by atoms with Gasteiger partial charge >= 0.3 is 0 Å². The first kappa shape index (κ1) is 9.96. The van der Waals surface area contributed by atoms with Gasteiger partial charge in [-0.15, -0.1) is 0 Å². The van der Waals surface area contributed by atoms with Crippen molar-refractivity contribution >= 4 is 0 Å². The van der Waals surface area contributed by atoms with Gasteiger partial charge in [-0.1, -0.05) is 0 Å². The summed E-state index contributed by atoms with van der Waals surface area (Å²) in [6.45, 7) is 8.02. The third-order valence-corrected chi connectivity index (χ3v) is 2.34. The van der Waals surface area contributed by atoms with Crippen LogP contribution in [0.2, 0.25) is 0 Å². The van der Waals surface area contributed by atoms with Crippen LogP contribution in [0.5, 0.6) is 0 Å². The summed E-state index contributed by atoms with van der Waals surface area (Å²) in [6.07, 6.45) is 2.40. The molecule has 0 bridgehead atoms. The highest BCUT2D eigenvalue weighted by Crippen LogP contribution is 1.98. The van der Waals surface area contributed by atoms with Crippen molar-refractivity contribution in [3.8, 4) is 0 Å². The summed E-state index contributed by atoms with van der Waals surface area (Å²) in [6, 6.07) is 0.368. The van der Waals surface area contributed by atoms with Crippen LogP contribution < -0.4 is 11.1 Å². The van der Waals surface area contributed by atoms with E-state index in [9.17, 15) is 0 Å². The summed E-state index contributed by atoms with van der Waals surface area (Å²) in [4.78, 5) is 2.51. The number of hydrogen-bond donors (Lipinski definition) is 2. The predicted octanol–water partition coefficient (Wildman–Crippen LogP) is 0.0190. The van der Waals surface area contributed by atoms with Crippen molar-refractivity contribution in [3.63, 3.8) is 0 Å². The van der Waals surface area contributed by atoms with Crippen LogP contribution >= 0.6 is 0 Å². The molecule has 3 nitrogen and oxygen atoms in total. The van der Waals surface area contributed by atoms with Crippen LogP contribution in [0.4, 0.5) is 0 Å². The van der Waals surface area contributed by atoms with Gasteiger partial charge in [-0.05, 0) is 26.3 Å². The van der Waals surface area contributed by atoms with E-state index in [0.29, 0.717) is 6.04 Å². The number of rotatable bonds is 4. The van der Waals surface area contributed by atoms with Crippen LogP contribution in [-0.4, -0.2) is 43.7 Å². The number of nitrogens with one attached hydrogen (secondary N) is 1. The zero-order valence-corrected chi connectivity index (χ0v) is 8.05. The molecule has 0 radical (unpaired) electrons. The molecule has 0 aromatic heterocycles. The molecule has 12 heavy (non-hydrogen) atoms. The first-order valence-electron chi connectivity index (χ1n) is 4.97. The molecule has 3 N–H and O–H groups in total. The third kappa shape index (κ3) is 4.04. The topological polar surface area (TPSA) is 41.3 Å². The summed E-state index contributed by atoms with van der Waals surface area (Å²) in [5.74, 6) is 0. The standard InChI is InChI=1S/C9H21N3/c1-9(10)3-2-6-12-7-4-11-5-8-12/h9,11H,2-8,10H2,1H3. The van der Waals surface area contributed by atoms with Gasteiger partial charge in [0.1, 0.15) is 0 Å². The van der Waals surface area contributed by atoms with E-state index in [-0.39, 0.29) is 0 Å². The molecule has 0 aromatic carbocycles. The Balaban J connectivity index is 1.98. The predicted molar refractivity (Wildman–Crippen MR) is 52.2 cm³/mol. The van der Waals surface area contributed by atoms with E-state index in [1.165, 1.54) is 26.1 Å². The second-order valence-electron chi connectivity index (χ2n) is 3.71. The minimum Gasteiger partial charge on any atom is -0.328 e. The lowest BCUT2D eigenvalue weighted by Gasteiger charge is -2.27. The van der Waals surface area contributed by atoms with Crippen LogP contribution in [-0.2, 0) is 0 Å². The smallest absolute Gasteiger partial charge is 0.0107 e. The fraction of sp³-hybridized carbons (Fsp3) is 1.00. The Hall–Kier alpha value is -0.120. The molecule has 0 spiro atoms. The average Bonchev–Trinajstić information content (AvgIpc) is 2.05. The molecular formula is C9H21N3. The molecule has 3 heteroatoms. The Morgan fingerprint density at radius 3 is 2.67 bits per heavy atom. The minimum atomic E-state index is 0.368. The van der Waals surface area contributed by atoms with E-state index in [2.05, 4.69) is 17.1 Å². The van der Waals surface area contributed by atoms with Crippen molar-refractivity contribution in [2.45, 2.75) is 25.8 Å². The Kier molecular flexibility index (Phi) is 4.58. The molecule has 1 aliphatic heterocycles. The molecule has 1 heterocycles. The lowest BCUT2D eigenvalue weighted by Crippen LogP contribution is -2.43. The third-order valence-electron chi connectivity index (χ3n) is 2.34. The van der Waals surface area contributed by atoms with E-state index in [1.54, 1.807) is 0 Å². The van der Waals surface area contributed by atoms with Gasteiger partial charge < -0.3 is 16.0 Å². The first-order chi connectivity index (χ1) is 5.79. The molecular weight excluding hydrogens is 150 g/mol. The molecule has 0 aliphatic carbocycles. The minimum absolute atomic E-state index is 0.368. The Labute approximate surface area is 75.3 Å². The van der Waals surface area contributed by atoms with Gasteiger partial charge in [0.05, 0.1) is 0 Å². The lowest BCUT2D eigenvalue weighted by atomic mass is 10.2. The first-order valence-corrected chi connectivity index (χ1v) is 4.97. The molecule has 1 saturated heterocycles. The molecule has 1 atom stereocenters. The van der Waals surface area contributed by atoms with Crippen molar-refractivity contribution in [3.05, 3.63) is 0 Å². The van der Waals surface area contributed by atoms with Crippen molar-refractivity contribution in [1.82, 2.24) is 10.2 Å². The van der Waals surface area contributed by atoms with Crippen LogP contribution in [0.25, 0.3) is 0 Å². The molecule has 0 saturated carbocycles. The zero-order valence-electron chi connectivity index (χ0n) is 8.05. The molecule has 1 fully saturated rings. The Morgan fingerprint density at radius 1 is 1.42 bits per heavy atom. The number of piperazine rings is 1. The van der Waals surface area contributed by atoms with Gasteiger partial charge in [0.25, 0.3) is 0 Å². The molecule has 1 rings (SSSR count). The Bertz CT molecular complexity index is 108. The largest absolute Gasteiger partial charge is 0.328 e.